The van der Waals surface area contributed by atoms with Crippen LogP contribution in [-0.4, -0.2) is 32.7 Å². The summed E-state index contributed by atoms with van der Waals surface area (Å²) in [6.45, 7) is 5.72. The van der Waals surface area contributed by atoms with Gasteiger partial charge in [-0.25, -0.2) is 4.98 Å². The molecule has 8 nitrogen and oxygen atoms in total. The second-order valence-electron chi connectivity index (χ2n) is 6.54. The molecule has 8 heteroatoms. The number of nitrogens with one attached hydrogen (secondary N) is 2. The number of rotatable bonds is 4. The first-order valence-corrected chi connectivity index (χ1v) is 8.57. The van der Waals surface area contributed by atoms with Crippen molar-refractivity contribution in [3.8, 4) is 0 Å². The highest BCUT2D eigenvalue weighted by molar-refractivity contribution is 5.94. The highest BCUT2D eigenvalue weighted by atomic mass is 16.5. The van der Waals surface area contributed by atoms with Crippen molar-refractivity contribution < 1.29 is 14.3 Å². The summed E-state index contributed by atoms with van der Waals surface area (Å²) >= 11 is 0. The average Bonchev–Trinajstić information content (AvgIpc) is 2.90. The SMILES string of the molecule is CC(=O)Nc1ccc(CNC(=O)c2c3c(nn2C)[C@H](C)O[C@H](C)C3)cn1. The number of ether oxygens (including phenoxy) is 1. The number of fused-ring (bicyclic) bond motifs is 1. The zero-order chi connectivity index (χ0) is 18.8. The molecule has 0 saturated carbocycles. The highest BCUT2D eigenvalue weighted by Crippen LogP contribution is 2.31. The molecule has 0 radical (unpaired) electrons. The van der Waals surface area contributed by atoms with Gasteiger partial charge in [-0.1, -0.05) is 6.07 Å². The Hall–Kier alpha value is -2.74. The van der Waals surface area contributed by atoms with Gasteiger partial charge in [0.2, 0.25) is 5.91 Å². The van der Waals surface area contributed by atoms with Gasteiger partial charge in [0.25, 0.3) is 5.91 Å². The second kappa shape index (κ2) is 7.25. The van der Waals surface area contributed by atoms with E-state index in [4.69, 9.17) is 4.74 Å². The van der Waals surface area contributed by atoms with Gasteiger partial charge >= 0.3 is 0 Å². The van der Waals surface area contributed by atoms with Gasteiger partial charge in [-0.05, 0) is 25.5 Å². The Balaban J connectivity index is 1.70. The normalized spacial score (nSPS) is 18.9. The molecule has 3 heterocycles. The number of hydrogen-bond acceptors (Lipinski definition) is 5. The third-order valence-corrected chi connectivity index (χ3v) is 4.29. The maximum absolute atomic E-state index is 12.7. The molecule has 3 rings (SSSR count). The van der Waals surface area contributed by atoms with E-state index < -0.39 is 0 Å². The fourth-order valence-electron chi connectivity index (χ4n) is 3.20. The predicted octanol–water partition coefficient (Wildman–Crippen LogP) is 1.73. The number of pyridine rings is 1. The number of nitrogens with zero attached hydrogens (tertiary/aromatic N) is 3. The first-order valence-electron chi connectivity index (χ1n) is 8.57. The van der Waals surface area contributed by atoms with E-state index in [1.807, 2.05) is 19.9 Å². The molecule has 2 atom stereocenters. The van der Waals surface area contributed by atoms with Crippen molar-refractivity contribution in [1.82, 2.24) is 20.1 Å². The first kappa shape index (κ1) is 18.1. The summed E-state index contributed by atoms with van der Waals surface area (Å²) < 4.78 is 7.40. The number of anilines is 1. The molecular formula is C18H23N5O3. The minimum absolute atomic E-state index is 0.0544. The van der Waals surface area contributed by atoms with Crippen LogP contribution in [0, 0.1) is 0 Å². The quantitative estimate of drug-likeness (QED) is 0.868. The molecule has 2 aromatic rings. The predicted molar refractivity (Wildman–Crippen MR) is 95.6 cm³/mol. The molecule has 0 saturated heterocycles. The minimum atomic E-state index is -0.174. The topological polar surface area (TPSA) is 98.1 Å². The van der Waals surface area contributed by atoms with Crippen LogP contribution in [0.15, 0.2) is 18.3 Å². The Labute approximate surface area is 151 Å². The molecule has 138 valence electrons. The number of aryl methyl sites for hydroxylation is 1. The number of carbonyl (C=O) groups excluding carboxylic acids is 2. The molecular weight excluding hydrogens is 334 g/mol. The maximum Gasteiger partial charge on any atom is 0.270 e. The van der Waals surface area contributed by atoms with E-state index in [9.17, 15) is 9.59 Å². The summed E-state index contributed by atoms with van der Waals surface area (Å²) in [5.41, 5.74) is 3.20. The van der Waals surface area contributed by atoms with Gasteiger partial charge in [-0.2, -0.15) is 5.10 Å². The lowest BCUT2D eigenvalue weighted by atomic mass is 9.99. The number of carbonyl (C=O) groups is 2. The molecule has 26 heavy (non-hydrogen) atoms. The van der Waals surface area contributed by atoms with Crippen LogP contribution in [0.4, 0.5) is 5.82 Å². The Kier molecular flexibility index (Phi) is 5.03. The number of aromatic nitrogens is 3. The lowest BCUT2D eigenvalue weighted by Crippen LogP contribution is -2.28. The first-order chi connectivity index (χ1) is 12.3. The van der Waals surface area contributed by atoms with Crippen molar-refractivity contribution in [3.63, 3.8) is 0 Å². The van der Waals surface area contributed by atoms with E-state index in [2.05, 4.69) is 20.7 Å². The van der Waals surface area contributed by atoms with Crippen molar-refractivity contribution in [2.45, 2.75) is 45.9 Å². The average molecular weight is 357 g/mol. The van der Waals surface area contributed by atoms with Crippen LogP contribution in [-0.2, 0) is 29.5 Å². The van der Waals surface area contributed by atoms with Gasteiger partial charge in [0.1, 0.15) is 11.5 Å². The molecule has 0 aromatic carbocycles. The molecule has 0 fully saturated rings. The smallest absolute Gasteiger partial charge is 0.270 e. The van der Waals surface area contributed by atoms with E-state index in [0.717, 1.165) is 16.8 Å². The number of amides is 2. The summed E-state index contributed by atoms with van der Waals surface area (Å²) in [5, 5.41) is 9.98. The summed E-state index contributed by atoms with van der Waals surface area (Å²) in [6.07, 6.45) is 2.23. The van der Waals surface area contributed by atoms with Crippen LogP contribution in [0.25, 0.3) is 0 Å². The van der Waals surface area contributed by atoms with Gasteiger partial charge in [0.15, 0.2) is 0 Å². The summed E-state index contributed by atoms with van der Waals surface area (Å²) in [5.74, 6) is 0.136. The Morgan fingerprint density at radius 2 is 2.12 bits per heavy atom. The van der Waals surface area contributed by atoms with Crippen molar-refractivity contribution in [2.75, 3.05) is 5.32 Å². The molecule has 0 spiro atoms. The van der Waals surface area contributed by atoms with Crippen molar-refractivity contribution in [1.29, 1.82) is 0 Å². The van der Waals surface area contributed by atoms with E-state index >= 15 is 0 Å². The van der Waals surface area contributed by atoms with Crippen LogP contribution in [0.5, 0.6) is 0 Å². The van der Waals surface area contributed by atoms with E-state index in [0.29, 0.717) is 24.5 Å². The van der Waals surface area contributed by atoms with Gasteiger partial charge in [0, 0.05) is 38.7 Å². The molecule has 1 aliphatic heterocycles. The zero-order valence-corrected chi connectivity index (χ0v) is 15.4. The molecule has 0 unspecified atom stereocenters. The monoisotopic (exact) mass is 357 g/mol. The van der Waals surface area contributed by atoms with E-state index in [1.54, 1.807) is 24.0 Å². The van der Waals surface area contributed by atoms with Gasteiger partial charge < -0.3 is 15.4 Å². The zero-order valence-electron chi connectivity index (χ0n) is 15.4. The van der Waals surface area contributed by atoms with E-state index in [-0.39, 0.29) is 24.0 Å². The third-order valence-electron chi connectivity index (χ3n) is 4.29. The van der Waals surface area contributed by atoms with Crippen LogP contribution >= 0.6 is 0 Å². The fourth-order valence-corrected chi connectivity index (χ4v) is 3.20. The van der Waals surface area contributed by atoms with Gasteiger partial charge in [0.05, 0.1) is 17.9 Å². The van der Waals surface area contributed by atoms with Crippen LogP contribution in [0.1, 0.15) is 54.2 Å². The van der Waals surface area contributed by atoms with Crippen molar-refractivity contribution in [2.24, 2.45) is 7.05 Å². The van der Waals surface area contributed by atoms with Gasteiger partial charge in [-0.15, -0.1) is 0 Å². The molecule has 2 N–H and O–H groups in total. The summed E-state index contributed by atoms with van der Waals surface area (Å²) in [6, 6.07) is 3.52. The number of hydrogen-bond donors (Lipinski definition) is 2. The summed E-state index contributed by atoms with van der Waals surface area (Å²) in [7, 11) is 1.77. The van der Waals surface area contributed by atoms with Crippen LogP contribution in [0.3, 0.4) is 0 Å². The van der Waals surface area contributed by atoms with Crippen LogP contribution in [0.2, 0.25) is 0 Å². The highest BCUT2D eigenvalue weighted by Gasteiger charge is 2.31. The third kappa shape index (κ3) is 3.75. The Morgan fingerprint density at radius 1 is 1.35 bits per heavy atom. The summed E-state index contributed by atoms with van der Waals surface area (Å²) in [4.78, 5) is 27.9. The molecule has 1 aliphatic rings. The standard InChI is InChI=1S/C18H23N5O3/c1-10-7-14-16(11(2)26-10)22-23(4)17(14)18(25)20-9-13-5-6-15(19-8-13)21-12(3)24/h5-6,8,10-11H,7,9H2,1-4H3,(H,20,25)(H,19,21,24)/t10-,11+/m1/s1. The lowest BCUT2D eigenvalue weighted by Gasteiger charge is -2.24. The van der Waals surface area contributed by atoms with Gasteiger partial charge in [-0.3, -0.25) is 14.3 Å². The largest absolute Gasteiger partial charge is 0.369 e. The second-order valence-corrected chi connectivity index (χ2v) is 6.54. The van der Waals surface area contributed by atoms with Crippen molar-refractivity contribution in [3.05, 3.63) is 40.8 Å². The minimum Gasteiger partial charge on any atom is -0.369 e. The fraction of sp³-hybridized carbons (Fsp3) is 0.444. The maximum atomic E-state index is 12.7. The Bertz CT molecular complexity index is 828. The molecule has 2 aromatic heterocycles. The Morgan fingerprint density at radius 3 is 2.77 bits per heavy atom. The van der Waals surface area contributed by atoms with E-state index in [1.165, 1.54) is 6.92 Å². The van der Waals surface area contributed by atoms with Crippen molar-refractivity contribution >= 4 is 17.6 Å². The van der Waals surface area contributed by atoms with Crippen LogP contribution < -0.4 is 10.6 Å². The molecule has 2 amide bonds. The lowest BCUT2D eigenvalue weighted by molar-refractivity contribution is -0.114. The molecule has 0 aliphatic carbocycles. The molecule has 0 bridgehead atoms.